The molecule has 2 aromatic rings. The molecule has 0 radical (unpaired) electrons. The maximum absolute atomic E-state index is 11.2. The molecule has 1 amide bonds. The predicted octanol–water partition coefficient (Wildman–Crippen LogP) is 2.86. The van der Waals surface area contributed by atoms with Crippen LogP contribution in [-0.4, -0.2) is 22.0 Å². The van der Waals surface area contributed by atoms with Crippen LogP contribution in [0.2, 0.25) is 0 Å². The average Bonchev–Trinajstić information content (AvgIpc) is 2.89. The highest BCUT2D eigenvalue weighted by atomic mass is 32.1. The molecule has 0 unspecified atom stereocenters. The maximum atomic E-state index is 11.2. The Morgan fingerprint density at radius 2 is 2.00 bits per heavy atom. The lowest BCUT2D eigenvalue weighted by molar-refractivity contribution is -0.115. The van der Waals surface area contributed by atoms with Gasteiger partial charge in [-0.2, -0.15) is 0 Å². The quantitative estimate of drug-likeness (QED) is 0.900. The largest absolute Gasteiger partial charge is 0.476 e. The highest BCUT2D eigenvalue weighted by Crippen LogP contribution is 2.25. The summed E-state index contributed by atoms with van der Waals surface area (Å²) < 4.78 is 0. The topological polar surface area (TPSA) is 79.3 Å². The number of carboxylic acid groups (broad SMARTS) is 1. The Balaban J connectivity index is 2.17. The van der Waals surface area contributed by atoms with Gasteiger partial charge in [0.25, 0.3) is 0 Å². The van der Waals surface area contributed by atoms with E-state index >= 15 is 0 Å². The molecule has 2 rings (SSSR count). The molecule has 1 aromatic carbocycles. The SMILES string of the molecule is CCC(=O)Nc1ccc(-c2nc(C(=O)O)cs2)cc1. The van der Waals surface area contributed by atoms with E-state index in [0.29, 0.717) is 17.1 Å². The minimum atomic E-state index is -1.03. The lowest BCUT2D eigenvalue weighted by Gasteiger charge is -2.03. The minimum absolute atomic E-state index is 0.0448. The van der Waals surface area contributed by atoms with E-state index in [9.17, 15) is 9.59 Å². The van der Waals surface area contributed by atoms with Crippen molar-refractivity contribution in [3.63, 3.8) is 0 Å². The molecule has 0 saturated heterocycles. The number of carbonyl (C=O) groups excluding carboxylic acids is 1. The van der Waals surface area contributed by atoms with Crippen LogP contribution < -0.4 is 5.32 Å². The molecule has 0 aliphatic carbocycles. The number of rotatable bonds is 4. The molecule has 0 fully saturated rings. The summed E-state index contributed by atoms with van der Waals surface area (Å²) in [4.78, 5) is 26.0. The summed E-state index contributed by atoms with van der Waals surface area (Å²) in [6, 6.07) is 7.14. The van der Waals surface area contributed by atoms with Gasteiger partial charge in [-0.15, -0.1) is 11.3 Å². The molecular weight excluding hydrogens is 264 g/mol. The number of nitrogens with one attached hydrogen (secondary N) is 1. The van der Waals surface area contributed by atoms with Crippen molar-refractivity contribution in [2.24, 2.45) is 0 Å². The molecule has 0 bridgehead atoms. The fourth-order valence-electron chi connectivity index (χ4n) is 1.45. The number of benzene rings is 1. The molecule has 1 aromatic heterocycles. The van der Waals surface area contributed by atoms with Crippen LogP contribution in [0.25, 0.3) is 10.6 Å². The lowest BCUT2D eigenvalue weighted by atomic mass is 10.2. The smallest absolute Gasteiger partial charge is 0.355 e. The first-order valence-corrected chi connectivity index (χ1v) is 6.57. The summed E-state index contributed by atoms with van der Waals surface area (Å²) in [5.74, 6) is -1.08. The number of carboxylic acids is 1. The van der Waals surface area contributed by atoms with Crippen molar-refractivity contribution in [3.8, 4) is 10.6 Å². The van der Waals surface area contributed by atoms with Crippen molar-refractivity contribution >= 4 is 28.9 Å². The third-order valence-corrected chi connectivity index (χ3v) is 3.35. The van der Waals surface area contributed by atoms with Gasteiger partial charge in [0.05, 0.1) is 0 Å². The van der Waals surface area contributed by atoms with E-state index in [-0.39, 0.29) is 11.6 Å². The van der Waals surface area contributed by atoms with Crippen molar-refractivity contribution in [1.29, 1.82) is 0 Å². The molecule has 1 heterocycles. The van der Waals surface area contributed by atoms with E-state index in [1.54, 1.807) is 31.2 Å². The Bertz CT molecular complexity index is 605. The van der Waals surface area contributed by atoms with Gasteiger partial charge in [-0.3, -0.25) is 4.79 Å². The van der Waals surface area contributed by atoms with Gasteiger partial charge in [-0.05, 0) is 24.3 Å². The first-order chi connectivity index (χ1) is 9.10. The standard InChI is InChI=1S/C13H12N2O3S/c1-2-11(16)14-9-5-3-8(4-6-9)12-15-10(7-19-12)13(17)18/h3-7H,2H2,1H3,(H,14,16)(H,17,18). The zero-order chi connectivity index (χ0) is 13.8. The van der Waals surface area contributed by atoms with Crippen molar-refractivity contribution < 1.29 is 14.7 Å². The van der Waals surface area contributed by atoms with Crippen molar-refractivity contribution in [1.82, 2.24) is 4.98 Å². The number of thiazole rings is 1. The van der Waals surface area contributed by atoms with Crippen LogP contribution in [0.5, 0.6) is 0 Å². The number of nitrogens with zero attached hydrogens (tertiary/aromatic N) is 1. The summed E-state index contributed by atoms with van der Waals surface area (Å²) in [6.07, 6.45) is 0.427. The van der Waals surface area contributed by atoms with Gasteiger partial charge in [0, 0.05) is 23.1 Å². The molecule has 2 N–H and O–H groups in total. The van der Waals surface area contributed by atoms with E-state index < -0.39 is 5.97 Å². The highest BCUT2D eigenvalue weighted by Gasteiger charge is 2.10. The number of carbonyl (C=O) groups is 2. The normalized spacial score (nSPS) is 10.2. The average molecular weight is 276 g/mol. The van der Waals surface area contributed by atoms with Crippen molar-refractivity contribution in [2.75, 3.05) is 5.32 Å². The molecular formula is C13H12N2O3S. The fourth-order valence-corrected chi connectivity index (χ4v) is 2.25. The Labute approximate surface area is 113 Å². The third-order valence-electron chi connectivity index (χ3n) is 2.46. The molecule has 0 atom stereocenters. The number of aromatic nitrogens is 1. The second-order valence-corrected chi connectivity index (χ2v) is 4.68. The Morgan fingerprint density at radius 3 is 2.53 bits per heavy atom. The van der Waals surface area contributed by atoms with E-state index in [0.717, 1.165) is 5.56 Å². The first-order valence-electron chi connectivity index (χ1n) is 5.69. The number of hydrogen-bond donors (Lipinski definition) is 2. The summed E-state index contributed by atoms with van der Waals surface area (Å²) in [7, 11) is 0. The van der Waals surface area contributed by atoms with Gasteiger partial charge in [-0.1, -0.05) is 6.92 Å². The second-order valence-electron chi connectivity index (χ2n) is 3.82. The van der Waals surface area contributed by atoms with Gasteiger partial charge < -0.3 is 10.4 Å². The molecule has 98 valence electrons. The Hall–Kier alpha value is -2.21. The van der Waals surface area contributed by atoms with Crippen LogP contribution in [0.15, 0.2) is 29.6 Å². The van der Waals surface area contributed by atoms with Gasteiger partial charge in [-0.25, -0.2) is 9.78 Å². The van der Waals surface area contributed by atoms with Crippen molar-refractivity contribution in [3.05, 3.63) is 35.3 Å². The summed E-state index contributed by atoms with van der Waals surface area (Å²) in [6.45, 7) is 1.78. The molecule has 0 aliphatic rings. The predicted molar refractivity (Wildman–Crippen MR) is 73.4 cm³/mol. The second kappa shape index (κ2) is 5.62. The summed E-state index contributed by atoms with van der Waals surface area (Å²) in [5.41, 5.74) is 1.58. The Morgan fingerprint density at radius 1 is 1.32 bits per heavy atom. The number of hydrogen-bond acceptors (Lipinski definition) is 4. The molecule has 6 heteroatoms. The van der Waals surface area contributed by atoms with E-state index in [4.69, 9.17) is 5.11 Å². The zero-order valence-corrected chi connectivity index (χ0v) is 11.0. The van der Waals surface area contributed by atoms with E-state index in [2.05, 4.69) is 10.3 Å². The monoisotopic (exact) mass is 276 g/mol. The van der Waals surface area contributed by atoms with Gasteiger partial charge >= 0.3 is 5.97 Å². The van der Waals surface area contributed by atoms with E-state index in [1.807, 2.05) is 0 Å². The highest BCUT2D eigenvalue weighted by molar-refractivity contribution is 7.13. The molecule has 0 spiro atoms. The third kappa shape index (κ3) is 3.17. The first kappa shape index (κ1) is 13.2. The van der Waals surface area contributed by atoms with Crippen LogP contribution in [0, 0.1) is 0 Å². The molecule has 19 heavy (non-hydrogen) atoms. The number of aromatic carboxylic acids is 1. The van der Waals surface area contributed by atoms with Gasteiger partial charge in [0.1, 0.15) is 5.01 Å². The maximum Gasteiger partial charge on any atom is 0.355 e. The Kier molecular flexibility index (Phi) is 3.91. The van der Waals surface area contributed by atoms with Crippen LogP contribution >= 0.6 is 11.3 Å². The summed E-state index contributed by atoms with van der Waals surface area (Å²) >= 11 is 1.28. The zero-order valence-electron chi connectivity index (χ0n) is 10.2. The van der Waals surface area contributed by atoms with Crippen molar-refractivity contribution in [2.45, 2.75) is 13.3 Å². The minimum Gasteiger partial charge on any atom is -0.476 e. The lowest BCUT2D eigenvalue weighted by Crippen LogP contribution is -2.08. The van der Waals surface area contributed by atoms with Crippen LogP contribution in [0.3, 0.4) is 0 Å². The molecule has 5 nitrogen and oxygen atoms in total. The van der Waals surface area contributed by atoms with Crippen LogP contribution in [0.1, 0.15) is 23.8 Å². The number of anilines is 1. The summed E-state index contributed by atoms with van der Waals surface area (Å²) in [5, 5.41) is 13.7. The van der Waals surface area contributed by atoms with Crippen LogP contribution in [-0.2, 0) is 4.79 Å². The van der Waals surface area contributed by atoms with Crippen LogP contribution in [0.4, 0.5) is 5.69 Å². The molecule has 0 saturated carbocycles. The fraction of sp³-hybridized carbons (Fsp3) is 0.154. The molecule has 0 aliphatic heterocycles. The number of amides is 1. The van der Waals surface area contributed by atoms with Gasteiger partial charge in [0.2, 0.25) is 5.91 Å². The van der Waals surface area contributed by atoms with E-state index in [1.165, 1.54) is 16.7 Å². The van der Waals surface area contributed by atoms with Gasteiger partial charge in [0.15, 0.2) is 5.69 Å².